The zero-order chi connectivity index (χ0) is 22.2. The molecule has 30 heavy (non-hydrogen) atoms. The molecule has 174 valence electrons. The first-order valence-electron chi connectivity index (χ1n) is 13.5. The van der Waals surface area contributed by atoms with Crippen LogP contribution in [0.5, 0.6) is 0 Å². The Balaban J connectivity index is 0.000000183. The zero-order valence-corrected chi connectivity index (χ0v) is 21.2. The van der Waals surface area contributed by atoms with E-state index in [0.29, 0.717) is 5.92 Å². The van der Waals surface area contributed by atoms with Crippen LogP contribution in [0.3, 0.4) is 0 Å². The molecule has 5 fully saturated rings. The van der Waals surface area contributed by atoms with Gasteiger partial charge < -0.3 is 4.74 Å². The maximum absolute atomic E-state index is 11.5. The summed E-state index contributed by atoms with van der Waals surface area (Å²) >= 11 is 0. The fourth-order valence-electron chi connectivity index (χ4n) is 8.97. The highest BCUT2D eigenvalue weighted by molar-refractivity contribution is 5.66. The third kappa shape index (κ3) is 3.99. The second-order valence-corrected chi connectivity index (χ2v) is 11.4. The Morgan fingerprint density at radius 3 is 2.00 bits per heavy atom. The maximum atomic E-state index is 11.5. The monoisotopic (exact) mass is 418 g/mol. The maximum Gasteiger partial charge on any atom is 0.303 e. The topological polar surface area (TPSA) is 26.3 Å². The van der Waals surface area contributed by atoms with Crippen molar-refractivity contribution in [3.8, 4) is 0 Å². The van der Waals surface area contributed by atoms with Gasteiger partial charge in [0.25, 0.3) is 0 Å². The number of hydrogen-bond donors (Lipinski definition) is 0. The minimum atomic E-state index is -0.0812. The van der Waals surface area contributed by atoms with E-state index in [4.69, 9.17) is 4.74 Å². The van der Waals surface area contributed by atoms with Gasteiger partial charge in [0.2, 0.25) is 0 Å². The van der Waals surface area contributed by atoms with Crippen molar-refractivity contribution in [2.24, 2.45) is 59.2 Å². The van der Waals surface area contributed by atoms with Crippen LogP contribution in [0.25, 0.3) is 0 Å². The molecule has 0 spiro atoms. The van der Waals surface area contributed by atoms with E-state index < -0.39 is 0 Å². The molecule has 2 heteroatoms. The lowest BCUT2D eigenvalue weighted by molar-refractivity contribution is -0.169. The quantitative estimate of drug-likeness (QED) is 0.346. The van der Waals surface area contributed by atoms with Gasteiger partial charge in [0, 0.05) is 12.8 Å². The van der Waals surface area contributed by atoms with E-state index in [9.17, 15) is 4.79 Å². The molecule has 0 amide bonds. The summed E-state index contributed by atoms with van der Waals surface area (Å²) in [6, 6.07) is 0. The Labute approximate surface area is 187 Å². The molecule has 0 radical (unpaired) electrons. The first kappa shape index (κ1) is 24.1. The molecule has 5 rings (SSSR count). The summed E-state index contributed by atoms with van der Waals surface area (Å²) in [4.78, 5) is 11.5. The fraction of sp³-hybridized carbons (Fsp3) is 0.964. The van der Waals surface area contributed by atoms with Gasteiger partial charge >= 0.3 is 5.97 Å². The van der Waals surface area contributed by atoms with E-state index in [-0.39, 0.29) is 11.6 Å². The number of carbonyl (C=O) groups is 1. The molecule has 4 bridgehead atoms. The summed E-state index contributed by atoms with van der Waals surface area (Å²) in [6.07, 6.45) is 10.8. The first-order valence-corrected chi connectivity index (χ1v) is 13.5. The number of rotatable bonds is 3. The van der Waals surface area contributed by atoms with Crippen LogP contribution in [0.2, 0.25) is 0 Å². The molecule has 5 aliphatic rings. The zero-order valence-electron chi connectivity index (χ0n) is 21.2. The van der Waals surface area contributed by atoms with Crippen molar-refractivity contribution in [2.45, 2.75) is 112 Å². The van der Waals surface area contributed by atoms with Crippen molar-refractivity contribution >= 4 is 5.97 Å². The van der Waals surface area contributed by atoms with E-state index in [1.165, 1.54) is 38.5 Å². The molecule has 11 atom stereocenters. The van der Waals surface area contributed by atoms with Gasteiger partial charge in [-0.2, -0.15) is 0 Å². The number of carbonyl (C=O) groups excluding carboxylic acids is 1. The Hall–Kier alpha value is -0.530. The Kier molecular flexibility index (Phi) is 7.66. The van der Waals surface area contributed by atoms with Gasteiger partial charge in [0.1, 0.15) is 5.60 Å². The van der Waals surface area contributed by atoms with Crippen molar-refractivity contribution in [1.82, 2.24) is 0 Å². The molecule has 5 aliphatic carbocycles. The van der Waals surface area contributed by atoms with Crippen LogP contribution in [0.1, 0.15) is 107 Å². The number of ether oxygens (including phenoxy) is 1. The van der Waals surface area contributed by atoms with E-state index >= 15 is 0 Å². The third-order valence-electron chi connectivity index (χ3n) is 10.5. The van der Waals surface area contributed by atoms with Crippen molar-refractivity contribution in [3.63, 3.8) is 0 Å². The summed E-state index contributed by atoms with van der Waals surface area (Å²) in [6.45, 7) is 17.4. The normalized spacial score (nSPS) is 49.7. The first-order chi connectivity index (χ1) is 14.3. The summed E-state index contributed by atoms with van der Waals surface area (Å²) in [5, 5.41) is 0. The Morgan fingerprint density at radius 1 is 0.900 bits per heavy atom. The summed E-state index contributed by atoms with van der Waals surface area (Å²) in [5.74, 6) is 9.33. The average molecular weight is 419 g/mol. The molecule has 0 aromatic carbocycles. The van der Waals surface area contributed by atoms with Gasteiger partial charge in [0.15, 0.2) is 0 Å². The van der Waals surface area contributed by atoms with Crippen molar-refractivity contribution in [1.29, 1.82) is 0 Å². The highest BCUT2D eigenvalue weighted by Crippen LogP contribution is 2.70. The lowest BCUT2D eigenvalue weighted by Gasteiger charge is -2.45. The predicted molar refractivity (Wildman–Crippen MR) is 126 cm³/mol. The van der Waals surface area contributed by atoms with Crippen LogP contribution in [0.4, 0.5) is 0 Å². The van der Waals surface area contributed by atoms with Gasteiger partial charge in [-0.15, -0.1) is 0 Å². The van der Waals surface area contributed by atoms with Crippen LogP contribution in [0, 0.1) is 59.2 Å². The van der Waals surface area contributed by atoms with Gasteiger partial charge in [-0.3, -0.25) is 4.79 Å². The summed E-state index contributed by atoms with van der Waals surface area (Å²) in [7, 11) is 0. The van der Waals surface area contributed by atoms with Gasteiger partial charge in [-0.1, -0.05) is 54.9 Å². The molecule has 0 aliphatic heterocycles. The molecule has 5 saturated carbocycles. The highest BCUT2D eigenvalue weighted by atomic mass is 16.6. The summed E-state index contributed by atoms with van der Waals surface area (Å²) in [5.41, 5.74) is -0.0812. The molecular weight excluding hydrogens is 368 g/mol. The smallest absolute Gasteiger partial charge is 0.303 e. The lowest BCUT2D eigenvalue weighted by atomic mass is 9.65. The Morgan fingerprint density at radius 2 is 1.53 bits per heavy atom. The van der Waals surface area contributed by atoms with Crippen LogP contribution in [-0.2, 0) is 9.53 Å². The fourth-order valence-corrected chi connectivity index (χ4v) is 8.97. The van der Waals surface area contributed by atoms with E-state index in [0.717, 1.165) is 66.1 Å². The molecule has 0 heterocycles. The number of esters is 1. The van der Waals surface area contributed by atoms with E-state index in [1.807, 2.05) is 13.8 Å². The minimum Gasteiger partial charge on any atom is -0.459 e. The van der Waals surface area contributed by atoms with Crippen molar-refractivity contribution in [2.75, 3.05) is 0 Å². The lowest BCUT2D eigenvalue weighted by Crippen LogP contribution is -2.47. The largest absolute Gasteiger partial charge is 0.459 e. The molecule has 0 aromatic rings. The third-order valence-corrected chi connectivity index (χ3v) is 10.5. The number of hydrogen-bond acceptors (Lipinski definition) is 2. The van der Waals surface area contributed by atoms with Crippen molar-refractivity contribution < 1.29 is 9.53 Å². The molecule has 0 N–H and O–H groups in total. The van der Waals surface area contributed by atoms with Crippen LogP contribution >= 0.6 is 0 Å². The van der Waals surface area contributed by atoms with E-state index in [2.05, 4.69) is 34.6 Å². The Bertz CT molecular complexity index is 585. The number of fused-ring (bicyclic) bond motifs is 9. The molecule has 2 nitrogen and oxygen atoms in total. The molecule has 11 unspecified atom stereocenters. The van der Waals surface area contributed by atoms with Crippen LogP contribution in [0.15, 0.2) is 0 Å². The van der Waals surface area contributed by atoms with Gasteiger partial charge in [-0.05, 0) is 98.2 Å². The molecular formula is C28H50O2. The van der Waals surface area contributed by atoms with Gasteiger partial charge in [0.05, 0.1) is 0 Å². The van der Waals surface area contributed by atoms with E-state index in [1.54, 1.807) is 6.92 Å². The minimum absolute atomic E-state index is 0.0656. The van der Waals surface area contributed by atoms with Crippen molar-refractivity contribution in [3.05, 3.63) is 0 Å². The summed E-state index contributed by atoms with van der Waals surface area (Å²) < 4.78 is 5.86. The standard InChI is InChI=1S/C16H24O2.C10H20.C2H6/c1-3-16(18-9(2)17)8-12-7-13(16)15-11-5-4-10(6-11)14(12)15;1-5-10-6-7(2)8(3)9(10)4;1-2/h10-15H,3-8H2,1-2H3;7-10H,5-6H2,1-4H3;1-2H3. The van der Waals surface area contributed by atoms with Crippen LogP contribution < -0.4 is 0 Å². The predicted octanol–water partition coefficient (Wildman–Crippen LogP) is 7.75. The SMILES string of the molecule is CC.CCC1(OC(C)=O)CC2CC1C1C3CCC(C3)C21.CCC1CC(C)C(C)C1C. The highest BCUT2D eigenvalue weighted by Gasteiger charge is 2.67. The van der Waals surface area contributed by atoms with Gasteiger partial charge in [-0.25, -0.2) is 0 Å². The average Bonchev–Trinajstić information content (AvgIpc) is 3.53. The second kappa shape index (κ2) is 9.53. The molecule has 0 aromatic heterocycles. The second-order valence-electron chi connectivity index (χ2n) is 11.4. The van der Waals surface area contributed by atoms with Crippen LogP contribution in [-0.4, -0.2) is 11.6 Å². The molecule has 0 saturated heterocycles.